The molecule has 1 aliphatic rings. The lowest BCUT2D eigenvalue weighted by atomic mass is 9.83. The van der Waals surface area contributed by atoms with Gasteiger partial charge < -0.3 is 0 Å². The highest BCUT2D eigenvalue weighted by atomic mass is 32.2. The van der Waals surface area contributed by atoms with Gasteiger partial charge in [0.2, 0.25) is 9.84 Å². The predicted molar refractivity (Wildman–Crippen MR) is 218 cm³/mol. The third-order valence-corrected chi connectivity index (χ3v) is 12.9. The zero-order valence-electron chi connectivity index (χ0n) is 28.7. The Hall–Kier alpha value is -6.56. The molecule has 53 heavy (non-hydrogen) atoms. The van der Waals surface area contributed by atoms with Crippen LogP contribution >= 0.6 is 0 Å². The molecule has 0 radical (unpaired) electrons. The molecular formula is C48H30N2O2S. The molecule has 250 valence electrons. The van der Waals surface area contributed by atoms with E-state index in [9.17, 15) is 8.42 Å². The summed E-state index contributed by atoms with van der Waals surface area (Å²) in [4.78, 5) is 5.29. The number of aromatic nitrogens is 2. The molecule has 0 amide bonds. The number of imidazole rings is 1. The smallest absolute Gasteiger partial charge is 0.210 e. The van der Waals surface area contributed by atoms with E-state index in [1.165, 1.54) is 43.4 Å². The van der Waals surface area contributed by atoms with E-state index in [4.69, 9.17) is 4.98 Å². The monoisotopic (exact) mass is 698 g/mol. The van der Waals surface area contributed by atoms with Gasteiger partial charge in [-0.25, -0.2) is 13.4 Å². The van der Waals surface area contributed by atoms with Crippen molar-refractivity contribution in [3.63, 3.8) is 0 Å². The summed E-state index contributed by atoms with van der Waals surface area (Å²) in [5.74, 6) is 0.759. The van der Waals surface area contributed by atoms with Crippen LogP contribution in [0.25, 0.3) is 93.2 Å². The van der Waals surface area contributed by atoms with Crippen LogP contribution in [0.3, 0.4) is 0 Å². The molecule has 0 fully saturated rings. The van der Waals surface area contributed by atoms with Crippen LogP contribution in [-0.4, -0.2) is 18.0 Å². The Morgan fingerprint density at radius 1 is 0.472 bits per heavy atom. The topological polar surface area (TPSA) is 52.0 Å². The number of nitrogens with zero attached hydrogens (tertiary/aromatic N) is 2. The van der Waals surface area contributed by atoms with E-state index in [0.717, 1.165) is 38.9 Å². The van der Waals surface area contributed by atoms with Crippen LogP contribution in [0, 0.1) is 6.92 Å². The van der Waals surface area contributed by atoms with Crippen LogP contribution in [0.15, 0.2) is 174 Å². The Morgan fingerprint density at radius 2 is 1.00 bits per heavy atom. The first kappa shape index (κ1) is 30.1. The van der Waals surface area contributed by atoms with Gasteiger partial charge in [0.25, 0.3) is 0 Å². The number of para-hydroxylation sites is 1. The third kappa shape index (κ3) is 4.23. The van der Waals surface area contributed by atoms with Crippen molar-refractivity contribution in [3.05, 3.63) is 170 Å². The Kier molecular flexibility index (Phi) is 6.23. The minimum absolute atomic E-state index is 0.292. The van der Waals surface area contributed by atoms with E-state index >= 15 is 0 Å². The first-order valence-corrected chi connectivity index (χ1v) is 19.3. The van der Waals surface area contributed by atoms with Crippen molar-refractivity contribution in [3.8, 4) is 39.1 Å². The first-order valence-electron chi connectivity index (χ1n) is 17.8. The van der Waals surface area contributed by atoms with E-state index in [1.807, 2.05) is 35.8 Å². The average Bonchev–Trinajstić information content (AvgIpc) is 3.54. The van der Waals surface area contributed by atoms with E-state index in [0.29, 0.717) is 26.5 Å². The van der Waals surface area contributed by atoms with Crippen LogP contribution in [0.1, 0.15) is 5.82 Å². The second-order valence-electron chi connectivity index (χ2n) is 13.9. The Balaban J connectivity index is 1.24. The van der Waals surface area contributed by atoms with Crippen LogP contribution < -0.4 is 0 Å². The zero-order valence-corrected chi connectivity index (χ0v) is 29.5. The highest BCUT2D eigenvalue weighted by molar-refractivity contribution is 7.92. The molecular weight excluding hydrogens is 669 g/mol. The summed E-state index contributed by atoms with van der Waals surface area (Å²) in [7, 11) is -3.80. The second kappa shape index (κ2) is 11.0. The van der Waals surface area contributed by atoms with Crippen molar-refractivity contribution in [2.24, 2.45) is 0 Å². The maximum absolute atomic E-state index is 14.3. The fourth-order valence-electron chi connectivity index (χ4n) is 8.76. The number of hydrogen-bond donors (Lipinski definition) is 0. The van der Waals surface area contributed by atoms with E-state index in [-0.39, 0.29) is 0 Å². The second-order valence-corrected chi connectivity index (χ2v) is 15.8. The third-order valence-electron chi connectivity index (χ3n) is 11.1. The molecule has 5 heteroatoms. The number of benzene rings is 9. The van der Waals surface area contributed by atoms with Crippen LogP contribution in [-0.2, 0) is 9.84 Å². The number of fused-ring (bicyclic) bond motifs is 6. The molecule has 2 heterocycles. The molecule has 1 aliphatic heterocycles. The van der Waals surface area contributed by atoms with Gasteiger partial charge in [-0.3, -0.25) is 4.57 Å². The summed E-state index contributed by atoms with van der Waals surface area (Å²) in [5, 5.41) is 9.37. The number of aryl methyl sites for hydroxylation is 1. The van der Waals surface area contributed by atoms with Crippen molar-refractivity contribution in [1.29, 1.82) is 0 Å². The number of hydrogen-bond acceptors (Lipinski definition) is 3. The van der Waals surface area contributed by atoms with Crippen molar-refractivity contribution >= 4 is 64.0 Å². The van der Waals surface area contributed by atoms with Gasteiger partial charge in [-0.05, 0) is 114 Å². The molecule has 0 N–H and O–H groups in total. The number of rotatable bonds is 3. The zero-order chi connectivity index (χ0) is 35.4. The summed E-state index contributed by atoms with van der Waals surface area (Å²) in [6.07, 6.45) is 0. The highest BCUT2D eigenvalue weighted by Crippen LogP contribution is 2.48. The largest absolute Gasteiger partial charge is 0.294 e. The Labute approximate surface area is 306 Å². The summed E-state index contributed by atoms with van der Waals surface area (Å²) in [6, 6.07) is 56.8. The molecule has 0 unspecified atom stereocenters. The van der Waals surface area contributed by atoms with E-state index < -0.39 is 9.84 Å². The van der Waals surface area contributed by atoms with Gasteiger partial charge in [-0.1, -0.05) is 133 Å². The summed E-state index contributed by atoms with van der Waals surface area (Å²) in [6.45, 7) is 1.93. The summed E-state index contributed by atoms with van der Waals surface area (Å²) >= 11 is 0. The maximum Gasteiger partial charge on any atom is 0.210 e. The van der Waals surface area contributed by atoms with Gasteiger partial charge in [0.1, 0.15) is 5.82 Å². The predicted octanol–water partition coefficient (Wildman–Crippen LogP) is 12.1. The molecule has 9 aromatic carbocycles. The van der Waals surface area contributed by atoms with Gasteiger partial charge in [0.05, 0.1) is 26.5 Å². The highest BCUT2D eigenvalue weighted by Gasteiger charge is 2.33. The van der Waals surface area contributed by atoms with Crippen LogP contribution in [0.5, 0.6) is 0 Å². The van der Waals surface area contributed by atoms with Gasteiger partial charge in [0.15, 0.2) is 0 Å². The molecule has 0 saturated heterocycles. The lowest BCUT2D eigenvalue weighted by Crippen LogP contribution is -2.15. The molecule has 0 saturated carbocycles. The Morgan fingerprint density at radius 3 is 1.68 bits per heavy atom. The summed E-state index contributed by atoms with van der Waals surface area (Å²) < 4.78 is 30.5. The molecule has 0 spiro atoms. The van der Waals surface area contributed by atoms with Crippen LogP contribution in [0.4, 0.5) is 0 Å². The van der Waals surface area contributed by atoms with Gasteiger partial charge in [-0.15, -0.1) is 0 Å². The van der Waals surface area contributed by atoms with Crippen molar-refractivity contribution in [1.82, 2.24) is 9.55 Å². The molecule has 0 aliphatic carbocycles. The Bertz CT molecular complexity index is 3310. The minimum atomic E-state index is -3.80. The molecule has 11 rings (SSSR count). The molecule has 0 atom stereocenters. The molecule has 0 bridgehead atoms. The maximum atomic E-state index is 14.3. The van der Waals surface area contributed by atoms with E-state index in [2.05, 4.69) is 127 Å². The van der Waals surface area contributed by atoms with Crippen molar-refractivity contribution < 1.29 is 8.42 Å². The molecule has 4 nitrogen and oxygen atoms in total. The fraction of sp³-hybridized carbons (Fsp3) is 0.0208. The van der Waals surface area contributed by atoms with Gasteiger partial charge in [-0.2, -0.15) is 0 Å². The van der Waals surface area contributed by atoms with Gasteiger partial charge >= 0.3 is 0 Å². The standard InChI is InChI=1S/C48H30N2O2S/c1-29-49-42-21-10-22-44-48(42)50(29)43-26-24-33(28-45(43)53(44,51)52)32-23-25-40-41(27-32)47(37-20-9-14-31-12-3-5-16-35(31)37)39-18-7-6-17-38(39)46(40)36-19-8-13-30-11-2-4-15-34(30)36/h2-28H,1H3. The number of sulfone groups is 1. The molecule has 1 aromatic heterocycles. The normalized spacial score (nSPS) is 13.3. The van der Waals surface area contributed by atoms with E-state index in [1.54, 1.807) is 12.1 Å². The fourth-order valence-corrected chi connectivity index (χ4v) is 10.4. The average molecular weight is 699 g/mol. The first-order chi connectivity index (χ1) is 26.0. The SMILES string of the molecule is Cc1nc2cccc3c2n1-c1ccc(-c2ccc4c(-c5cccc6ccccc56)c5ccccc5c(-c5cccc6ccccc56)c4c2)cc1S3(=O)=O. The minimum Gasteiger partial charge on any atom is -0.294 e. The quantitative estimate of drug-likeness (QED) is 0.173. The van der Waals surface area contributed by atoms with Crippen molar-refractivity contribution in [2.75, 3.05) is 0 Å². The summed E-state index contributed by atoms with van der Waals surface area (Å²) in [5.41, 5.74) is 8.44. The van der Waals surface area contributed by atoms with Gasteiger partial charge in [0, 0.05) is 0 Å². The lowest BCUT2D eigenvalue weighted by Gasteiger charge is -2.22. The molecule has 10 aromatic rings. The van der Waals surface area contributed by atoms with Crippen LogP contribution in [0.2, 0.25) is 0 Å². The lowest BCUT2D eigenvalue weighted by molar-refractivity contribution is 0.594. The van der Waals surface area contributed by atoms with Crippen molar-refractivity contribution in [2.45, 2.75) is 16.7 Å².